The summed E-state index contributed by atoms with van der Waals surface area (Å²) in [4.78, 5) is 14.1. The molecule has 4 nitrogen and oxygen atoms in total. The van der Waals surface area contributed by atoms with Gasteiger partial charge in [0.15, 0.2) is 0 Å². The summed E-state index contributed by atoms with van der Waals surface area (Å²) < 4.78 is 0. The van der Waals surface area contributed by atoms with E-state index in [1.54, 1.807) is 0 Å². The van der Waals surface area contributed by atoms with Gasteiger partial charge < -0.3 is 15.3 Å². The summed E-state index contributed by atoms with van der Waals surface area (Å²) in [7, 11) is 0. The van der Waals surface area contributed by atoms with Crippen LogP contribution in [0.15, 0.2) is 0 Å². The van der Waals surface area contributed by atoms with E-state index in [1.165, 1.54) is 32.1 Å². The van der Waals surface area contributed by atoms with Gasteiger partial charge >= 0.3 is 0 Å². The van der Waals surface area contributed by atoms with Gasteiger partial charge in [0.25, 0.3) is 0 Å². The van der Waals surface area contributed by atoms with Crippen LogP contribution in [0.5, 0.6) is 0 Å². The fraction of sp³-hybridized carbons (Fsp3) is 0.933. The Kier molecular flexibility index (Phi) is 6.11. The summed E-state index contributed by atoms with van der Waals surface area (Å²) in [5.41, 5.74) is 0. The van der Waals surface area contributed by atoms with Crippen LogP contribution in [-0.2, 0) is 4.79 Å². The van der Waals surface area contributed by atoms with E-state index >= 15 is 0 Å². The lowest BCUT2D eigenvalue weighted by Gasteiger charge is -2.25. The minimum Gasteiger partial charge on any atom is -0.395 e. The van der Waals surface area contributed by atoms with Crippen LogP contribution < -0.4 is 5.32 Å². The van der Waals surface area contributed by atoms with E-state index in [0.29, 0.717) is 19.0 Å². The molecule has 0 aromatic rings. The monoisotopic (exact) mass is 268 g/mol. The smallest absolute Gasteiger partial charge is 0.222 e. The van der Waals surface area contributed by atoms with Crippen molar-refractivity contribution in [1.29, 1.82) is 0 Å². The van der Waals surface area contributed by atoms with Gasteiger partial charge in [-0.15, -0.1) is 0 Å². The van der Waals surface area contributed by atoms with Crippen molar-refractivity contribution < 1.29 is 9.90 Å². The third-order valence-corrected chi connectivity index (χ3v) is 4.57. The lowest BCUT2D eigenvalue weighted by molar-refractivity contribution is -0.132. The molecule has 2 rings (SSSR count). The summed E-state index contributed by atoms with van der Waals surface area (Å²) in [5, 5.41) is 12.5. The van der Waals surface area contributed by atoms with Crippen LogP contribution in [0.3, 0.4) is 0 Å². The van der Waals surface area contributed by atoms with Gasteiger partial charge in [-0.2, -0.15) is 0 Å². The minimum absolute atomic E-state index is 0.0713. The van der Waals surface area contributed by atoms with Gasteiger partial charge in [0.2, 0.25) is 5.91 Å². The Morgan fingerprint density at radius 1 is 1.21 bits per heavy atom. The molecule has 1 atom stereocenters. The number of aliphatic hydroxyl groups is 1. The van der Waals surface area contributed by atoms with Gasteiger partial charge in [-0.25, -0.2) is 0 Å². The number of rotatable bonds is 7. The molecule has 110 valence electrons. The van der Waals surface area contributed by atoms with Crippen molar-refractivity contribution in [3.05, 3.63) is 0 Å². The molecule has 0 bridgehead atoms. The van der Waals surface area contributed by atoms with Gasteiger partial charge in [0.05, 0.1) is 6.61 Å². The van der Waals surface area contributed by atoms with E-state index in [0.717, 1.165) is 31.8 Å². The maximum atomic E-state index is 12.3. The van der Waals surface area contributed by atoms with Crippen molar-refractivity contribution in [3.63, 3.8) is 0 Å². The number of hydrogen-bond acceptors (Lipinski definition) is 3. The van der Waals surface area contributed by atoms with Crippen molar-refractivity contribution in [2.24, 2.45) is 5.92 Å². The molecule has 4 heteroatoms. The number of carbonyl (C=O) groups is 1. The quantitative estimate of drug-likeness (QED) is 0.736. The number of nitrogens with one attached hydrogen (secondary N) is 1. The van der Waals surface area contributed by atoms with Crippen LogP contribution in [0, 0.1) is 5.92 Å². The number of carbonyl (C=O) groups excluding carboxylic acids is 1. The fourth-order valence-corrected chi connectivity index (χ4v) is 3.40. The summed E-state index contributed by atoms with van der Waals surface area (Å²) in [6.45, 7) is 2.39. The Hall–Kier alpha value is -0.610. The van der Waals surface area contributed by atoms with E-state index in [1.807, 2.05) is 4.90 Å². The fourth-order valence-electron chi connectivity index (χ4n) is 3.40. The highest BCUT2D eigenvalue weighted by molar-refractivity contribution is 5.76. The first-order valence-electron chi connectivity index (χ1n) is 7.91. The second-order valence-corrected chi connectivity index (χ2v) is 6.05. The highest BCUT2D eigenvalue weighted by Gasteiger charge is 2.22. The molecule has 2 aliphatic rings. The summed E-state index contributed by atoms with van der Waals surface area (Å²) in [6, 6.07) is 0.432. The van der Waals surface area contributed by atoms with E-state index < -0.39 is 0 Å². The molecule has 19 heavy (non-hydrogen) atoms. The Morgan fingerprint density at radius 3 is 2.63 bits per heavy atom. The summed E-state index contributed by atoms with van der Waals surface area (Å²) >= 11 is 0. The predicted molar refractivity (Wildman–Crippen MR) is 75.9 cm³/mol. The van der Waals surface area contributed by atoms with Crippen molar-refractivity contribution >= 4 is 5.91 Å². The van der Waals surface area contributed by atoms with Crippen molar-refractivity contribution in [3.8, 4) is 0 Å². The zero-order chi connectivity index (χ0) is 13.5. The zero-order valence-electron chi connectivity index (χ0n) is 11.9. The topological polar surface area (TPSA) is 52.6 Å². The highest BCUT2D eigenvalue weighted by Crippen LogP contribution is 2.28. The molecule has 1 aliphatic carbocycles. The van der Waals surface area contributed by atoms with E-state index in [2.05, 4.69) is 5.32 Å². The number of nitrogens with zero attached hydrogens (tertiary/aromatic N) is 1. The van der Waals surface area contributed by atoms with Gasteiger partial charge in [0, 0.05) is 25.6 Å². The van der Waals surface area contributed by atoms with Crippen LogP contribution in [0.25, 0.3) is 0 Å². The second-order valence-electron chi connectivity index (χ2n) is 6.05. The van der Waals surface area contributed by atoms with Crippen LogP contribution in [0.1, 0.15) is 51.4 Å². The molecular formula is C15H28N2O2. The average molecular weight is 268 g/mol. The Labute approximate surface area is 116 Å². The predicted octanol–water partition coefficient (Wildman–Crippen LogP) is 1.53. The molecule has 2 fully saturated rings. The summed E-state index contributed by atoms with van der Waals surface area (Å²) in [5.74, 6) is 0.999. The lowest BCUT2D eigenvalue weighted by atomic mass is 10.0. The third-order valence-electron chi connectivity index (χ3n) is 4.57. The van der Waals surface area contributed by atoms with Gasteiger partial charge in [0.1, 0.15) is 0 Å². The molecule has 1 amide bonds. The van der Waals surface area contributed by atoms with Crippen LogP contribution in [0.4, 0.5) is 0 Å². The van der Waals surface area contributed by atoms with E-state index in [4.69, 9.17) is 5.11 Å². The normalized spacial score (nSPS) is 23.9. The SMILES string of the molecule is O=C(CCC1CCCC1)N(CCO)CC1CCCN1. The van der Waals surface area contributed by atoms with Crippen molar-refractivity contribution in [2.75, 3.05) is 26.2 Å². The first kappa shape index (κ1) is 14.8. The van der Waals surface area contributed by atoms with Gasteiger partial charge in [-0.1, -0.05) is 25.7 Å². The molecule has 1 aliphatic heterocycles. The van der Waals surface area contributed by atoms with Crippen molar-refractivity contribution in [2.45, 2.75) is 57.4 Å². The average Bonchev–Trinajstić information content (AvgIpc) is 3.08. The van der Waals surface area contributed by atoms with E-state index in [9.17, 15) is 4.79 Å². The third kappa shape index (κ3) is 4.77. The molecule has 1 heterocycles. The van der Waals surface area contributed by atoms with Gasteiger partial charge in [-0.3, -0.25) is 4.79 Å². The number of aliphatic hydroxyl groups excluding tert-OH is 1. The molecule has 0 radical (unpaired) electrons. The zero-order valence-corrected chi connectivity index (χ0v) is 11.9. The lowest BCUT2D eigenvalue weighted by Crippen LogP contribution is -2.42. The second kappa shape index (κ2) is 7.85. The molecule has 1 unspecified atom stereocenters. The first-order valence-corrected chi connectivity index (χ1v) is 7.91. The largest absolute Gasteiger partial charge is 0.395 e. The Bertz CT molecular complexity index is 271. The Morgan fingerprint density at radius 2 is 2.00 bits per heavy atom. The maximum Gasteiger partial charge on any atom is 0.222 e. The first-order chi connectivity index (χ1) is 9.29. The molecule has 1 saturated carbocycles. The van der Waals surface area contributed by atoms with Crippen LogP contribution in [-0.4, -0.2) is 48.2 Å². The number of hydrogen-bond donors (Lipinski definition) is 2. The highest BCUT2D eigenvalue weighted by atomic mass is 16.3. The van der Waals surface area contributed by atoms with Crippen molar-refractivity contribution in [1.82, 2.24) is 10.2 Å². The minimum atomic E-state index is 0.0713. The maximum absolute atomic E-state index is 12.3. The molecule has 2 N–H and O–H groups in total. The molecule has 1 saturated heterocycles. The standard InChI is InChI=1S/C15H28N2O2/c18-11-10-17(12-14-6-3-9-16-14)15(19)8-7-13-4-1-2-5-13/h13-14,16,18H,1-12H2. The van der Waals surface area contributed by atoms with Crippen LogP contribution >= 0.6 is 0 Å². The molecular weight excluding hydrogens is 240 g/mol. The number of amides is 1. The van der Waals surface area contributed by atoms with Gasteiger partial charge in [-0.05, 0) is 31.7 Å². The molecule has 0 aromatic heterocycles. The van der Waals surface area contributed by atoms with Crippen LogP contribution in [0.2, 0.25) is 0 Å². The Balaban J connectivity index is 1.73. The summed E-state index contributed by atoms with van der Waals surface area (Å²) in [6.07, 6.45) is 9.34. The molecule has 0 aromatic carbocycles. The van der Waals surface area contributed by atoms with E-state index in [-0.39, 0.29) is 12.5 Å². The molecule has 0 spiro atoms.